The van der Waals surface area contributed by atoms with Crippen LogP contribution in [-0.4, -0.2) is 37.7 Å². The molecular formula is C12H15NO3S. The summed E-state index contributed by atoms with van der Waals surface area (Å²) in [6, 6.07) is 7.28. The molecule has 1 rings (SSSR count). The Labute approximate surface area is 102 Å². The summed E-state index contributed by atoms with van der Waals surface area (Å²) in [5.41, 5.74) is 1.55. The van der Waals surface area contributed by atoms with Gasteiger partial charge < -0.3 is 5.11 Å². The Balaban J connectivity index is 2.99. The van der Waals surface area contributed by atoms with Crippen LogP contribution in [0, 0.1) is 11.8 Å². The summed E-state index contributed by atoms with van der Waals surface area (Å²) in [7, 11) is -1.68. The van der Waals surface area contributed by atoms with E-state index in [0.717, 1.165) is 17.4 Å². The number of rotatable bonds is 3. The van der Waals surface area contributed by atoms with Crippen LogP contribution in [0.25, 0.3) is 0 Å². The average molecular weight is 253 g/mol. The van der Waals surface area contributed by atoms with Crippen molar-refractivity contribution in [3.63, 3.8) is 0 Å². The first-order chi connectivity index (χ1) is 7.95. The molecule has 0 atom stereocenters. The fraction of sp³-hybridized carbons (Fsp3) is 0.333. The van der Waals surface area contributed by atoms with Gasteiger partial charge in [0.2, 0.25) is 10.0 Å². The summed E-state index contributed by atoms with van der Waals surface area (Å²) in [6.07, 6.45) is 1.16. The number of aliphatic hydroxyl groups is 1. The molecule has 1 aromatic carbocycles. The van der Waals surface area contributed by atoms with Crippen molar-refractivity contribution in [2.45, 2.75) is 6.54 Å². The average Bonchev–Trinajstić information content (AvgIpc) is 2.26. The fourth-order valence-electron chi connectivity index (χ4n) is 1.27. The zero-order valence-corrected chi connectivity index (χ0v) is 10.7. The molecule has 0 unspecified atom stereocenters. The molecule has 0 aliphatic carbocycles. The van der Waals surface area contributed by atoms with Gasteiger partial charge >= 0.3 is 0 Å². The SMILES string of the molecule is CN(Cc1ccccc1C#CCO)S(C)(=O)=O. The minimum atomic E-state index is -3.20. The summed E-state index contributed by atoms with van der Waals surface area (Å²) < 4.78 is 23.9. The lowest BCUT2D eigenvalue weighted by atomic mass is 10.1. The first-order valence-corrected chi connectivity index (χ1v) is 6.89. The van der Waals surface area contributed by atoms with Gasteiger partial charge in [-0.1, -0.05) is 30.0 Å². The number of hydrogen-bond donors (Lipinski definition) is 1. The molecule has 0 bridgehead atoms. The van der Waals surface area contributed by atoms with Crippen molar-refractivity contribution in [1.82, 2.24) is 4.31 Å². The van der Waals surface area contributed by atoms with Gasteiger partial charge in [-0.3, -0.25) is 0 Å². The van der Waals surface area contributed by atoms with Crippen LogP contribution in [0.3, 0.4) is 0 Å². The summed E-state index contributed by atoms with van der Waals surface area (Å²) in [5, 5.41) is 8.65. The van der Waals surface area contributed by atoms with E-state index >= 15 is 0 Å². The van der Waals surface area contributed by atoms with Crippen LogP contribution in [0.4, 0.5) is 0 Å². The van der Waals surface area contributed by atoms with Gasteiger partial charge in [0.05, 0.1) is 6.26 Å². The molecule has 0 saturated heterocycles. The third-order valence-electron chi connectivity index (χ3n) is 2.28. The highest BCUT2D eigenvalue weighted by atomic mass is 32.2. The van der Waals surface area contributed by atoms with Gasteiger partial charge in [-0.15, -0.1) is 0 Å². The molecule has 4 nitrogen and oxygen atoms in total. The summed E-state index contributed by atoms with van der Waals surface area (Å²) in [4.78, 5) is 0. The van der Waals surface area contributed by atoms with Crippen molar-refractivity contribution in [2.24, 2.45) is 0 Å². The number of hydrogen-bond acceptors (Lipinski definition) is 3. The van der Waals surface area contributed by atoms with Crippen LogP contribution < -0.4 is 0 Å². The first-order valence-electron chi connectivity index (χ1n) is 5.04. The quantitative estimate of drug-likeness (QED) is 0.794. The highest BCUT2D eigenvalue weighted by Gasteiger charge is 2.12. The molecule has 0 radical (unpaired) electrons. The molecule has 0 aliphatic rings. The van der Waals surface area contributed by atoms with Crippen molar-refractivity contribution in [3.05, 3.63) is 35.4 Å². The van der Waals surface area contributed by atoms with Crippen molar-refractivity contribution in [1.29, 1.82) is 0 Å². The highest BCUT2D eigenvalue weighted by molar-refractivity contribution is 7.88. The predicted molar refractivity (Wildman–Crippen MR) is 66.7 cm³/mol. The van der Waals surface area contributed by atoms with Crippen molar-refractivity contribution in [2.75, 3.05) is 19.9 Å². The molecule has 0 heterocycles. The topological polar surface area (TPSA) is 57.6 Å². The molecule has 5 heteroatoms. The fourth-order valence-corrected chi connectivity index (χ4v) is 1.65. The minimum absolute atomic E-state index is 0.212. The maximum Gasteiger partial charge on any atom is 0.211 e. The number of aliphatic hydroxyl groups excluding tert-OH is 1. The Morgan fingerprint density at radius 1 is 1.35 bits per heavy atom. The molecule has 0 fully saturated rings. The molecule has 0 saturated carbocycles. The minimum Gasteiger partial charge on any atom is -0.384 e. The molecule has 0 aromatic heterocycles. The number of benzene rings is 1. The van der Waals surface area contributed by atoms with E-state index in [-0.39, 0.29) is 13.2 Å². The van der Waals surface area contributed by atoms with Gasteiger partial charge in [0.1, 0.15) is 6.61 Å². The summed E-state index contributed by atoms with van der Waals surface area (Å²) in [6.45, 7) is 0.0609. The van der Waals surface area contributed by atoms with Gasteiger partial charge in [-0.05, 0) is 11.6 Å². The molecular weight excluding hydrogens is 238 g/mol. The second-order valence-corrected chi connectivity index (χ2v) is 5.73. The van der Waals surface area contributed by atoms with Crippen LogP contribution in [0.5, 0.6) is 0 Å². The third-order valence-corrected chi connectivity index (χ3v) is 3.54. The largest absolute Gasteiger partial charge is 0.384 e. The zero-order valence-electron chi connectivity index (χ0n) is 9.84. The van der Waals surface area contributed by atoms with Gasteiger partial charge in [0.15, 0.2) is 0 Å². The molecule has 1 aromatic rings. The standard InChI is InChI=1S/C12H15NO3S/c1-13(17(2,15)16)10-12-7-4-3-6-11(12)8-5-9-14/h3-4,6-7,14H,9-10H2,1-2H3. The van der Waals surface area contributed by atoms with E-state index in [0.29, 0.717) is 0 Å². The second-order valence-electron chi connectivity index (χ2n) is 3.64. The molecule has 0 amide bonds. The van der Waals surface area contributed by atoms with Crippen LogP contribution in [-0.2, 0) is 16.6 Å². The number of nitrogens with zero attached hydrogens (tertiary/aromatic N) is 1. The van der Waals surface area contributed by atoms with Gasteiger partial charge in [-0.2, -0.15) is 0 Å². The molecule has 0 spiro atoms. The van der Waals surface area contributed by atoms with Crippen LogP contribution in [0.2, 0.25) is 0 Å². The van der Waals surface area contributed by atoms with E-state index in [1.54, 1.807) is 6.07 Å². The van der Waals surface area contributed by atoms with Gasteiger partial charge in [-0.25, -0.2) is 12.7 Å². The Hall–Kier alpha value is -1.35. The smallest absolute Gasteiger partial charge is 0.211 e. The van der Waals surface area contributed by atoms with Crippen molar-refractivity contribution >= 4 is 10.0 Å². The van der Waals surface area contributed by atoms with E-state index in [2.05, 4.69) is 11.8 Å². The Kier molecular flexibility index (Phi) is 4.70. The normalized spacial score (nSPS) is 11.1. The molecule has 17 heavy (non-hydrogen) atoms. The van der Waals surface area contributed by atoms with E-state index in [1.807, 2.05) is 18.2 Å². The van der Waals surface area contributed by atoms with Crippen molar-refractivity contribution < 1.29 is 13.5 Å². The van der Waals surface area contributed by atoms with Crippen LogP contribution in [0.15, 0.2) is 24.3 Å². The maximum absolute atomic E-state index is 11.3. The monoisotopic (exact) mass is 253 g/mol. The summed E-state index contributed by atoms with van der Waals surface area (Å²) in [5.74, 6) is 5.35. The van der Waals surface area contributed by atoms with Gasteiger partial charge in [0.25, 0.3) is 0 Å². The maximum atomic E-state index is 11.3. The van der Waals surface area contributed by atoms with Crippen LogP contribution >= 0.6 is 0 Å². The lowest BCUT2D eigenvalue weighted by Gasteiger charge is -2.14. The Morgan fingerprint density at radius 2 is 2.00 bits per heavy atom. The highest BCUT2D eigenvalue weighted by Crippen LogP contribution is 2.11. The predicted octanol–water partition coefficient (Wildman–Crippen LogP) is 0.422. The Bertz CT molecular complexity index is 540. The lowest BCUT2D eigenvalue weighted by Crippen LogP contribution is -2.25. The van der Waals surface area contributed by atoms with Crippen LogP contribution in [0.1, 0.15) is 11.1 Å². The zero-order chi connectivity index (χ0) is 12.9. The lowest BCUT2D eigenvalue weighted by molar-refractivity contribution is 0.350. The number of sulfonamides is 1. The first kappa shape index (κ1) is 13.7. The van der Waals surface area contributed by atoms with E-state index in [9.17, 15) is 8.42 Å². The third kappa shape index (κ3) is 4.19. The second kappa shape index (κ2) is 5.82. The molecule has 92 valence electrons. The molecule has 1 N–H and O–H groups in total. The Morgan fingerprint density at radius 3 is 2.59 bits per heavy atom. The van der Waals surface area contributed by atoms with E-state index < -0.39 is 10.0 Å². The molecule has 0 aliphatic heterocycles. The summed E-state index contributed by atoms with van der Waals surface area (Å²) >= 11 is 0. The van der Waals surface area contributed by atoms with Crippen molar-refractivity contribution in [3.8, 4) is 11.8 Å². The van der Waals surface area contributed by atoms with E-state index in [4.69, 9.17) is 5.11 Å². The van der Waals surface area contributed by atoms with E-state index in [1.165, 1.54) is 11.4 Å². The van der Waals surface area contributed by atoms with Gasteiger partial charge in [0, 0.05) is 19.2 Å².